The number of fused-ring (bicyclic) bond motifs is 1. The van der Waals surface area contributed by atoms with Gasteiger partial charge in [-0.2, -0.15) is 0 Å². The van der Waals surface area contributed by atoms with Crippen LogP contribution in [-0.2, 0) is 6.42 Å². The topological polar surface area (TPSA) is 69.4 Å². The van der Waals surface area contributed by atoms with Gasteiger partial charge in [-0.25, -0.2) is 9.59 Å². The van der Waals surface area contributed by atoms with Crippen LogP contribution in [0.1, 0.15) is 15.9 Å². The SMILES string of the molecule is C=CCc1ccc2oc(=O)c(C(=O)Oc3cncc(Cl)c3)cc2c1. The van der Waals surface area contributed by atoms with Crippen molar-refractivity contribution in [2.45, 2.75) is 6.42 Å². The van der Waals surface area contributed by atoms with Crippen molar-refractivity contribution in [2.24, 2.45) is 0 Å². The number of hydrogen-bond donors (Lipinski definition) is 0. The molecule has 0 saturated carbocycles. The van der Waals surface area contributed by atoms with Crippen molar-refractivity contribution < 1.29 is 13.9 Å². The molecule has 0 amide bonds. The Bertz CT molecular complexity index is 994. The lowest BCUT2D eigenvalue weighted by Crippen LogP contribution is -2.18. The van der Waals surface area contributed by atoms with Gasteiger partial charge in [0, 0.05) is 17.6 Å². The van der Waals surface area contributed by atoms with E-state index in [1.807, 2.05) is 12.1 Å². The van der Waals surface area contributed by atoms with Crippen molar-refractivity contribution in [1.82, 2.24) is 4.98 Å². The molecule has 3 rings (SSSR count). The number of ether oxygens (including phenoxy) is 1. The highest BCUT2D eigenvalue weighted by molar-refractivity contribution is 6.30. The zero-order valence-electron chi connectivity index (χ0n) is 12.5. The molecule has 3 aromatic rings. The highest BCUT2D eigenvalue weighted by Crippen LogP contribution is 2.19. The Morgan fingerprint density at radius 1 is 1.29 bits per heavy atom. The molecule has 0 aliphatic heterocycles. The monoisotopic (exact) mass is 341 g/mol. The summed E-state index contributed by atoms with van der Waals surface area (Å²) in [6.07, 6.45) is 5.17. The second-order valence-electron chi connectivity index (χ2n) is 5.04. The number of esters is 1. The number of nitrogens with zero attached hydrogens (tertiary/aromatic N) is 1. The van der Waals surface area contributed by atoms with Crippen LogP contribution in [0.2, 0.25) is 5.02 Å². The average molecular weight is 342 g/mol. The minimum absolute atomic E-state index is 0.146. The van der Waals surface area contributed by atoms with E-state index in [2.05, 4.69) is 11.6 Å². The lowest BCUT2D eigenvalue weighted by molar-refractivity contribution is 0.0730. The summed E-state index contributed by atoms with van der Waals surface area (Å²) in [5.41, 5.74) is 0.427. The molecule has 6 heteroatoms. The zero-order valence-corrected chi connectivity index (χ0v) is 13.2. The average Bonchev–Trinajstić information content (AvgIpc) is 2.54. The van der Waals surface area contributed by atoms with Crippen LogP contribution in [0.3, 0.4) is 0 Å². The second kappa shape index (κ2) is 6.68. The third-order valence-electron chi connectivity index (χ3n) is 3.29. The fourth-order valence-corrected chi connectivity index (χ4v) is 2.38. The number of hydrogen-bond acceptors (Lipinski definition) is 5. The van der Waals surface area contributed by atoms with Gasteiger partial charge in [0.15, 0.2) is 5.75 Å². The van der Waals surface area contributed by atoms with E-state index >= 15 is 0 Å². The van der Waals surface area contributed by atoms with Crippen LogP contribution >= 0.6 is 11.6 Å². The molecule has 0 fully saturated rings. The number of pyridine rings is 1. The largest absolute Gasteiger partial charge is 0.422 e. The highest BCUT2D eigenvalue weighted by Gasteiger charge is 2.16. The maximum Gasteiger partial charge on any atom is 0.351 e. The summed E-state index contributed by atoms with van der Waals surface area (Å²) < 4.78 is 10.3. The lowest BCUT2D eigenvalue weighted by atomic mass is 10.1. The van der Waals surface area contributed by atoms with E-state index < -0.39 is 11.6 Å². The molecule has 0 atom stereocenters. The van der Waals surface area contributed by atoms with Gasteiger partial charge in [0.2, 0.25) is 0 Å². The van der Waals surface area contributed by atoms with Crippen molar-refractivity contribution in [3.8, 4) is 5.75 Å². The number of halogens is 1. The van der Waals surface area contributed by atoms with Gasteiger partial charge in [-0.1, -0.05) is 23.7 Å². The first-order chi connectivity index (χ1) is 11.6. The van der Waals surface area contributed by atoms with E-state index in [-0.39, 0.29) is 11.3 Å². The fourth-order valence-electron chi connectivity index (χ4n) is 2.22. The van der Waals surface area contributed by atoms with Gasteiger partial charge in [-0.05, 0) is 30.2 Å². The van der Waals surface area contributed by atoms with Crippen LogP contribution in [0.5, 0.6) is 5.75 Å². The Morgan fingerprint density at radius 3 is 2.88 bits per heavy atom. The lowest BCUT2D eigenvalue weighted by Gasteiger charge is -2.05. The van der Waals surface area contributed by atoms with Gasteiger partial charge in [-0.3, -0.25) is 4.98 Å². The van der Waals surface area contributed by atoms with E-state index in [0.29, 0.717) is 22.4 Å². The van der Waals surface area contributed by atoms with E-state index in [1.54, 1.807) is 12.1 Å². The van der Waals surface area contributed by atoms with E-state index in [4.69, 9.17) is 20.8 Å². The van der Waals surface area contributed by atoms with Crippen LogP contribution in [0.4, 0.5) is 0 Å². The first-order valence-corrected chi connectivity index (χ1v) is 7.45. The predicted octanol–water partition coefficient (Wildman–Crippen LogP) is 3.79. The third-order valence-corrected chi connectivity index (χ3v) is 3.49. The third kappa shape index (κ3) is 3.36. The Morgan fingerprint density at radius 2 is 2.12 bits per heavy atom. The number of benzene rings is 1. The smallest absolute Gasteiger partial charge is 0.351 e. The van der Waals surface area contributed by atoms with Crippen molar-refractivity contribution in [3.63, 3.8) is 0 Å². The van der Waals surface area contributed by atoms with Crippen LogP contribution in [0.25, 0.3) is 11.0 Å². The molecule has 0 spiro atoms. The first-order valence-electron chi connectivity index (χ1n) is 7.07. The first kappa shape index (κ1) is 16.0. The van der Waals surface area contributed by atoms with Gasteiger partial charge < -0.3 is 9.15 Å². The molecule has 0 unspecified atom stereocenters. The van der Waals surface area contributed by atoms with E-state index in [9.17, 15) is 9.59 Å². The molecule has 0 saturated heterocycles. The molecular weight excluding hydrogens is 330 g/mol. The van der Waals surface area contributed by atoms with Gasteiger partial charge in [0.25, 0.3) is 0 Å². The zero-order chi connectivity index (χ0) is 17.1. The highest BCUT2D eigenvalue weighted by atomic mass is 35.5. The van der Waals surface area contributed by atoms with Crippen LogP contribution in [0.15, 0.2) is 64.6 Å². The van der Waals surface area contributed by atoms with Gasteiger partial charge in [0.05, 0.1) is 11.2 Å². The van der Waals surface area contributed by atoms with Crippen molar-refractivity contribution >= 4 is 28.5 Å². The Labute approximate surface area is 142 Å². The summed E-state index contributed by atoms with van der Waals surface area (Å²) in [4.78, 5) is 28.1. The summed E-state index contributed by atoms with van der Waals surface area (Å²) in [6.45, 7) is 3.69. The normalized spacial score (nSPS) is 10.5. The predicted molar refractivity (Wildman–Crippen MR) is 90.6 cm³/mol. The summed E-state index contributed by atoms with van der Waals surface area (Å²) >= 11 is 5.79. The van der Waals surface area contributed by atoms with E-state index in [1.165, 1.54) is 24.5 Å². The fraction of sp³-hybridized carbons (Fsp3) is 0.0556. The molecule has 0 bridgehead atoms. The molecule has 2 aromatic heterocycles. The molecule has 1 aromatic carbocycles. The Balaban J connectivity index is 1.98. The van der Waals surface area contributed by atoms with Crippen molar-refractivity contribution in [1.29, 1.82) is 0 Å². The van der Waals surface area contributed by atoms with Crippen molar-refractivity contribution in [3.05, 3.63) is 82.0 Å². The van der Waals surface area contributed by atoms with Crippen molar-refractivity contribution in [2.75, 3.05) is 0 Å². The molecule has 120 valence electrons. The molecule has 0 radical (unpaired) electrons. The molecule has 0 N–H and O–H groups in total. The van der Waals surface area contributed by atoms with Crippen LogP contribution in [0, 0.1) is 0 Å². The second-order valence-corrected chi connectivity index (χ2v) is 5.48. The van der Waals surface area contributed by atoms with Gasteiger partial charge in [-0.15, -0.1) is 6.58 Å². The Hall–Kier alpha value is -2.92. The molecular formula is C18H12ClNO4. The quantitative estimate of drug-likeness (QED) is 0.410. The summed E-state index contributed by atoms with van der Waals surface area (Å²) in [5.74, 6) is -0.684. The molecule has 2 heterocycles. The van der Waals surface area contributed by atoms with Crippen LogP contribution in [-0.4, -0.2) is 11.0 Å². The van der Waals surface area contributed by atoms with Gasteiger partial charge in [0.1, 0.15) is 11.1 Å². The number of carbonyl (C=O) groups is 1. The van der Waals surface area contributed by atoms with E-state index in [0.717, 1.165) is 5.56 Å². The summed E-state index contributed by atoms with van der Waals surface area (Å²) in [5, 5.41) is 0.949. The number of rotatable bonds is 4. The molecule has 0 aliphatic carbocycles. The summed E-state index contributed by atoms with van der Waals surface area (Å²) in [6, 6.07) is 8.23. The Kier molecular flexibility index (Phi) is 4.44. The standard InChI is InChI=1S/C18H12ClNO4/c1-2-3-11-4-5-16-12(6-11)7-15(18(22)24-16)17(21)23-14-8-13(19)9-20-10-14/h2,4-10H,1,3H2. The molecule has 5 nitrogen and oxygen atoms in total. The number of carbonyl (C=O) groups excluding carboxylic acids is 1. The summed E-state index contributed by atoms with van der Waals surface area (Å²) in [7, 11) is 0. The minimum atomic E-state index is -0.830. The molecule has 24 heavy (non-hydrogen) atoms. The maximum absolute atomic E-state index is 12.2. The number of allylic oxidation sites excluding steroid dienone is 1. The van der Waals surface area contributed by atoms with Gasteiger partial charge >= 0.3 is 11.6 Å². The molecule has 0 aliphatic rings. The number of aromatic nitrogens is 1. The minimum Gasteiger partial charge on any atom is -0.422 e. The van der Waals surface area contributed by atoms with Crippen LogP contribution < -0.4 is 10.4 Å². The maximum atomic E-state index is 12.2.